The third kappa shape index (κ3) is 5.87. The lowest BCUT2D eigenvalue weighted by atomic mass is 9.73. The molecule has 0 spiro atoms. The molecule has 0 aromatic heterocycles. The van der Waals surface area contributed by atoms with Gasteiger partial charge >= 0.3 is 0 Å². The van der Waals surface area contributed by atoms with Crippen molar-refractivity contribution in [1.29, 1.82) is 0 Å². The summed E-state index contributed by atoms with van der Waals surface area (Å²) in [5, 5.41) is 3.41. The molecule has 1 aliphatic carbocycles. The van der Waals surface area contributed by atoms with Gasteiger partial charge in [-0.3, -0.25) is 0 Å². The monoisotopic (exact) mass is 261 g/mol. The van der Waals surface area contributed by atoms with E-state index >= 15 is 0 Å². The molecule has 0 radical (unpaired) electrons. The van der Waals surface area contributed by atoms with Crippen LogP contribution in [0.2, 0.25) is 0 Å². The van der Waals surface area contributed by atoms with E-state index in [0.29, 0.717) is 17.6 Å². The number of hydrogen-bond acceptors (Lipinski definition) is 3. The van der Waals surface area contributed by atoms with Crippen LogP contribution in [0, 0.1) is 17.8 Å². The number of rotatable bonds is 6. The highest BCUT2D eigenvalue weighted by atomic mass is 32.2. The van der Waals surface area contributed by atoms with Crippen LogP contribution < -0.4 is 5.32 Å². The molecule has 0 aromatic rings. The Morgan fingerprint density at radius 2 is 1.94 bits per heavy atom. The average Bonchev–Trinajstić information content (AvgIpc) is 2.24. The number of sulfone groups is 1. The maximum Gasteiger partial charge on any atom is 0.147 e. The number of nitrogens with one attached hydrogen (secondary N) is 1. The van der Waals surface area contributed by atoms with Gasteiger partial charge in [0.2, 0.25) is 0 Å². The predicted molar refractivity (Wildman–Crippen MR) is 72.9 cm³/mol. The van der Waals surface area contributed by atoms with Gasteiger partial charge in [0.1, 0.15) is 9.84 Å². The summed E-state index contributed by atoms with van der Waals surface area (Å²) in [6.45, 7) is 6.47. The molecule has 0 heterocycles. The van der Waals surface area contributed by atoms with Crippen molar-refractivity contribution in [3.8, 4) is 0 Å². The van der Waals surface area contributed by atoms with Crippen molar-refractivity contribution in [2.45, 2.75) is 39.5 Å². The van der Waals surface area contributed by atoms with Gasteiger partial charge in [-0.2, -0.15) is 0 Å². The first kappa shape index (κ1) is 15.0. The largest absolute Gasteiger partial charge is 0.317 e. The molecule has 1 saturated carbocycles. The third-order valence-electron chi connectivity index (χ3n) is 3.92. The average molecular weight is 261 g/mol. The van der Waals surface area contributed by atoms with Crippen molar-refractivity contribution in [1.82, 2.24) is 5.32 Å². The van der Waals surface area contributed by atoms with E-state index in [1.807, 2.05) is 0 Å². The van der Waals surface area contributed by atoms with E-state index in [1.54, 1.807) is 0 Å². The highest BCUT2D eigenvalue weighted by Crippen LogP contribution is 2.35. The van der Waals surface area contributed by atoms with Crippen LogP contribution in [0.5, 0.6) is 0 Å². The molecule has 3 nitrogen and oxygen atoms in total. The van der Waals surface area contributed by atoms with Crippen LogP contribution in [-0.4, -0.2) is 33.5 Å². The molecular weight excluding hydrogens is 234 g/mol. The van der Waals surface area contributed by atoms with Gasteiger partial charge in [-0.15, -0.1) is 0 Å². The quantitative estimate of drug-likeness (QED) is 0.796. The predicted octanol–water partition coefficient (Wildman–Crippen LogP) is 2.08. The second-order valence-corrected chi connectivity index (χ2v) is 7.92. The summed E-state index contributed by atoms with van der Waals surface area (Å²) in [5.74, 6) is 2.38. The van der Waals surface area contributed by atoms with Crippen molar-refractivity contribution in [3.63, 3.8) is 0 Å². The Hall–Kier alpha value is -0.0900. The highest BCUT2D eigenvalue weighted by molar-refractivity contribution is 7.90. The van der Waals surface area contributed by atoms with Crippen molar-refractivity contribution in [2.75, 3.05) is 25.1 Å². The van der Waals surface area contributed by atoms with E-state index in [9.17, 15) is 8.42 Å². The molecule has 3 unspecified atom stereocenters. The molecule has 0 saturated heterocycles. The smallest absolute Gasteiger partial charge is 0.147 e. The maximum atomic E-state index is 11.3. The highest BCUT2D eigenvalue weighted by Gasteiger charge is 2.28. The Balaban J connectivity index is 2.49. The minimum absolute atomic E-state index is 0.354. The van der Waals surface area contributed by atoms with E-state index in [0.717, 1.165) is 25.4 Å². The molecule has 0 bridgehead atoms. The van der Waals surface area contributed by atoms with Crippen LogP contribution in [0.25, 0.3) is 0 Å². The van der Waals surface area contributed by atoms with E-state index in [2.05, 4.69) is 19.2 Å². The SMILES string of the molecule is CCNCC1CCC(C)CC1CCS(C)(=O)=O. The van der Waals surface area contributed by atoms with E-state index in [1.165, 1.54) is 25.5 Å². The lowest BCUT2D eigenvalue weighted by Crippen LogP contribution is -2.33. The zero-order valence-corrected chi connectivity index (χ0v) is 12.2. The summed E-state index contributed by atoms with van der Waals surface area (Å²) in [4.78, 5) is 0. The molecular formula is C13H27NO2S. The lowest BCUT2D eigenvalue weighted by molar-refractivity contribution is 0.181. The summed E-state index contributed by atoms with van der Waals surface area (Å²) in [6, 6.07) is 0. The fourth-order valence-corrected chi connectivity index (χ4v) is 3.61. The normalized spacial score (nSPS) is 30.4. The Labute approximate surface area is 106 Å². The first-order chi connectivity index (χ1) is 7.92. The van der Waals surface area contributed by atoms with Crippen LogP contribution >= 0.6 is 0 Å². The zero-order chi connectivity index (χ0) is 12.9. The summed E-state index contributed by atoms with van der Waals surface area (Å²) < 4.78 is 22.5. The van der Waals surface area contributed by atoms with Gasteiger partial charge in [-0.05, 0) is 50.1 Å². The summed E-state index contributed by atoms with van der Waals surface area (Å²) in [5.41, 5.74) is 0. The van der Waals surface area contributed by atoms with E-state index in [-0.39, 0.29) is 0 Å². The van der Waals surface area contributed by atoms with Crippen molar-refractivity contribution in [3.05, 3.63) is 0 Å². The second-order valence-electron chi connectivity index (χ2n) is 5.66. The van der Waals surface area contributed by atoms with Crippen LogP contribution in [0.3, 0.4) is 0 Å². The molecule has 17 heavy (non-hydrogen) atoms. The molecule has 0 amide bonds. The first-order valence-corrected chi connectivity index (χ1v) is 8.87. The van der Waals surface area contributed by atoms with E-state index < -0.39 is 9.84 Å². The number of hydrogen-bond donors (Lipinski definition) is 1. The van der Waals surface area contributed by atoms with Gasteiger partial charge in [0.15, 0.2) is 0 Å². The van der Waals surface area contributed by atoms with Crippen LogP contribution in [0.15, 0.2) is 0 Å². The van der Waals surface area contributed by atoms with Crippen LogP contribution in [0.4, 0.5) is 0 Å². The fraction of sp³-hybridized carbons (Fsp3) is 1.00. The molecule has 1 N–H and O–H groups in total. The lowest BCUT2D eigenvalue weighted by Gasteiger charge is -2.35. The summed E-state index contributed by atoms with van der Waals surface area (Å²) in [7, 11) is -2.81. The topological polar surface area (TPSA) is 46.2 Å². The second kappa shape index (κ2) is 6.74. The zero-order valence-electron chi connectivity index (χ0n) is 11.4. The molecule has 1 rings (SSSR count). The van der Waals surface area contributed by atoms with Gasteiger partial charge in [-0.25, -0.2) is 8.42 Å². The minimum Gasteiger partial charge on any atom is -0.317 e. The van der Waals surface area contributed by atoms with Gasteiger partial charge in [0.05, 0.1) is 5.75 Å². The van der Waals surface area contributed by atoms with Gasteiger partial charge in [-0.1, -0.05) is 20.3 Å². The Bertz CT molecular complexity index is 311. The maximum absolute atomic E-state index is 11.3. The van der Waals surface area contributed by atoms with Gasteiger partial charge in [0, 0.05) is 6.26 Å². The fourth-order valence-electron chi connectivity index (χ4n) is 2.88. The Morgan fingerprint density at radius 1 is 1.24 bits per heavy atom. The van der Waals surface area contributed by atoms with Crippen molar-refractivity contribution < 1.29 is 8.42 Å². The Kier molecular flexibility index (Phi) is 5.93. The van der Waals surface area contributed by atoms with E-state index in [4.69, 9.17) is 0 Å². The summed E-state index contributed by atoms with van der Waals surface area (Å²) >= 11 is 0. The Morgan fingerprint density at radius 3 is 2.53 bits per heavy atom. The first-order valence-electron chi connectivity index (χ1n) is 6.80. The molecule has 3 atom stereocenters. The van der Waals surface area contributed by atoms with Crippen LogP contribution in [0.1, 0.15) is 39.5 Å². The minimum atomic E-state index is -2.81. The molecule has 4 heteroatoms. The molecule has 1 aliphatic rings. The molecule has 102 valence electrons. The van der Waals surface area contributed by atoms with Gasteiger partial charge in [0.25, 0.3) is 0 Å². The van der Waals surface area contributed by atoms with Crippen molar-refractivity contribution >= 4 is 9.84 Å². The standard InChI is InChI=1S/C13H27NO2S/c1-4-14-10-13-6-5-11(2)9-12(13)7-8-17(3,15)16/h11-14H,4-10H2,1-3H3. The molecule has 1 fully saturated rings. The molecule has 0 aliphatic heterocycles. The third-order valence-corrected chi connectivity index (χ3v) is 4.90. The van der Waals surface area contributed by atoms with Gasteiger partial charge < -0.3 is 5.32 Å². The van der Waals surface area contributed by atoms with Crippen LogP contribution in [-0.2, 0) is 9.84 Å². The molecule has 0 aromatic carbocycles. The van der Waals surface area contributed by atoms with Crippen molar-refractivity contribution in [2.24, 2.45) is 17.8 Å². The summed E-state index contributed by atoms with van der Waals surface area (Å²) in [6.07, 6.45) is 5.94.